The van der Waals surface area contributed by atoms with Crippen molar-refractivity contribution in [2.24, 2.45) is 0 Å². The van der Waals surface area contributed by atoms with E-state index in [0.29, 0.717) is 0 Å². The van der Waals surface area contributed by atoms with Crippen LogP contribution in [0.15, 0.2) is 11.8 Å². The van der Waals surface area contributed by atoms with Crippen molar-refractivity contribution >= 4 is 27.8 Å². The van der Waals surface area contributed by atoms with Gasteiger partial charge in [-0.2, -0.15) is 0 Å². The van der Waals surface area contributed by atoms with Crippen LogP contribution >= 0.6 is 0 Å². The Morgan fingerprint density at radius 1 is 1.46 bits per heavy atom. The first-order valence-electron chi connectivity index (χ1n) is 7.14. The molecular formula is C13H16N4O6S. The standard InChI is InChI=1S/C13H16N4O6S/c1-13(2)9(12(20)21)17-10(19)8(11(17)24(13,22)23)5-7-6-16(3-4-18)15-14-7/h5-6,9,11,18H,3-4H2,1-2H3,(H,20,21)/b8-5+/t9-,11+/m0/s1. The average Bonchev–Trinajstić information content (AvgIpc) is 2.96. The van der Waals surface area contributed by atoms with Crippen LogP contribution < -0.4 is 0 Å². The van der Waals surface area contributed by atoms with Crippen LogP contribution in [0, 0.1) is 0 Å². The van der Waals surface area contributed by atoms with Crippen molar-refractivity contribution in [1.82, 2.24) is 19.9 Å². The third-order valence-corrected chi connectivity index (χ3v) is 7.15. The second kappa shape index (κ2) is 5.11. The summed E-state index contributed by atoms with van der Waals surface area (Å²) in [7, 11) is -3.90. The van der Waals surface area contributed by atoms with E-state index in [9.17, 15) is 23.1 Å². The monoisotopic (exact) mass is 356 g/mol. The lowest BCUT2D eigenvalue weighted by Gasteiger charge is -2.37. The van der Waals surface area contributed by atoms with Gasteiger partial charge in [0.05, 0.1) is 24.9 Å². The van der Waals surface area contributed by atoms with Gasteiger partial charge in [-0.1, -0.05) is 5.21 Å². The molecule has 2 aliphatic rings. The number of nitrogens with zero attached hydrogens (tertiary/aromatic N) is 4. The van der Waals surface area contributed by atoms with Crippen molar-refractivity contribution in [1.29, 1.82) is 0 Å². The van der Waals surface area contributed by atoms with Crippen LogP contribution in [0.3, 0.4) is 0 Å². The fourth-order valence-corrected chi connectivity index (χ4v) is 5.21. The summed E-state index contributed by atoms with van der Waals surface area (Å²) in [5.41, 5.74) is 0.237. The molecule has 0 aliphatic carbocycles. The number of rotatable bonds is 4. The van der Waals surface area contributed by atoms with E-state index in [1.54, 1.807) is 0 Å². The third kappa shape index (κ3) is 2.01. The van der Waals surface area contributed by atoms with Crippen molar-refractivity contribution in [3.05, 3.63) is 17.5 Å². The van der Waals surface area contributed by atoms with E-state index in [0.717, 1.165) is 4.90 Å². The van der Waals surface area contributed by atoms with Crippen molar-refractivity contribution in [3.63, 3.8) is 0 Å². The minimum absolute atomic E-state index is 0.0251. The van der Waals surface area contributed by atoms with Crippen LogP contribution in [0.1, 0.15) is 19.5 Å². The number of fused-ring (bicyclic) bond motifs is 1. The molecule has 0 radical (unpaired) electrons. The molecule has 3 heterocycles. The maximum Gasteiger partial charge on any atom is 0.328 e. The molecule has 1 aromatic heterocycles. The summed E-state index contributed by atoms with van der Waals surface area (Å²) in [6.07, 6.45) is 2.75. The number of carbonyl (C=O) groups excluding carboxylic acids is 1. The highest BCUT2D eigenvalue weighted by atomic mass is 32.2. The van der Waals surface area contributed by atoms with Gasteiger partial charge in [-0.05, 0) is 19.9 Å². The minimum Gasteiger partial charge on any atom is -0.480 e. The topological polar surface area (TPSA) is 143 Å². The molecule has 11 heteroatoms. The smallest absolute Gasteiger partial charge is 0.328 e. The number of aromatic nitrogens is 3. The predicted molar refractivity (Wildman–Crippen MR) is 80.1 cm³/mol. The Bertz CT molecular complexity index is 856. The Labute approximate surface area is 137 Å². The molecular weight excluding hydrogens is 340 g/mol. The zero-order chi connectivity index (χ0) is 17.9. The predicted octanol–water partition coefficient (Wildman–Crippen LogP) is -1.52. The summed E-state index contributed by atoms with van der Waals surface area (Å²) in [5.74, 6) is -1.99. The Hall–Kier alpha value is -2.27. The lowest BCUT2D eigenvalue weighted by Crippen LogP contribution is -2.58. The molecule has 1 aromatic rings. The molecule has 1 amide bonds. The molecule has 3 rings (SSSR count). The number of hydrogen-bond donors (Lipinski definition) is 2. The van der Waals surface area contributed by atoms with E-state index in [2.05, 4.69) is 10.3 Å². The largest absolute Gasteiger partial charge is 0.480 e. The van der Waals surface area contributed by atoms with Crippen molar-refractivity contribution in [2.75, 3.05) is 6.61 Å². The van der Waals surface area contributed by atoms with Gasteiger partial charge >= 0.3 is 5.97 Å². The van der Waals surface area contributed by atoms with E-state index >= 15 is 0 Å². The summed E-state index contributed by atoms with van der Waals surface area (Å²) in [5, 5.41) is 24.4. The molecule has 2 fully saturated rings. The number of carboxylic acid groups (broad SMARTS) is 1. The molecule has 2 atom stereocenters. The summed E-state index contributed by atoms with van der Waals surface area (Å²) < 4.78 is 25.1. The number of aliphatic carboxylic acids is 1. The zero-order valence-electron chi connectivity index (χ0n) is 12.9. The molecule has 0 saturated carbocycles. The molecule has 2 aliphatic heterocycles. The van der Waals surface area contributed by atoms with Crippen LogP contribution in [0.25, 0.3) is 6.08 Å². The van der Waals surface area contributed by atoms with Gasteiger partial charge in [-0.25, -0.2) is 17.9 Å². The van der Waals surface area contributed by atoms with Crippen molar-refractivity contribution < 1.29 is 28.2 Å². The molecule has 24 heavy (non-hydrogen) atoms. The normalized spacial score (nSPS) is 28.7. The lowest BCUT2D eigenvalue weighted by atomic mass is 9.95. The molecule has 0 unspecified atom stereocenters. The summed E-state index contributed by atoms with van der Waals surface area (Å²) >= 11 is 0. The van der Waals surface area contributed by atoms with Crippen molar-refractivity contribution in [3.8, 4) is 0 Å². The van der Waals surface area contributed by atoms with Gasteiger partial charge in [0.25, 0.3) is 5.91 Å². The van der Waals surface area contributed by atoms with Gasteiger partial charge < -0.3 is 15.1 Å². The van der Waals surface area contributed by atoms with Gasteiger partial charge in [0.2, 0.25) is 0 Å². The van der Waals surface area contributed by atoms with E-state index in [1.165, 1.54) is 30.8 Å². The van der Waals surface area contributed by atoms with Gasteiger partial charge in [0.1, 0.15) is 10.4 Å². The minimum atomic E-state index is -3.90. The van der Waals surface area contributed by atoms with E-state index in [-0.39, 0.29) is 24.4 Å². The lowest BCUT2D eigenvalue weighted by molar-refractivity contribution is -0.152. The first-order chi connectivity index (χ1) is 11.1. The van der Waals surface area contributed by atoms with Crippen LogP contribution in [0.4, 0.5) is 0 Å². The fraction of sp³-hybridized carbons (Fsp3) is 0.538. The Balaban J connectivity index is 2.01. The van der Waals surface area contributed by atoms with E-state index in [4.69, 9.17) is 5.11 Å². The van der Waals surface area contributed by atoms with Crippen LogP contribution in [-0.4, -0.2) is 73.2 Å². The number of β-lactam (4-membered cyclic amide) rings is 1. The quantitative estimate of drug-likeness (QED) is 0.489. The number of sulfone groups is 1. The highest BCUT2D eigenvalue weighted by Crippen LogP contribution is 2.48. The van der Waals surface area contributed by atoms with E-state index in [1.807, 2.05) is 0 Å². The Morgan fingerprint density at radius 3 is 2.71 bits per heavy atom. The summed E-state index contributed by atoms with van der Waals surface area (Å²) in [4.78, 5) is 24.6. The molecule has 0 spiro atoms. The number of carboxylic acids is 1. The third-order valence-electron chi connectivity index (χ3n) is 4.39. The number of aliphatic hydroxyl groups excluding tert-OH is 1. The molecule has 10 nitrogen and oxygen atoms in total. The second-order valence-corrected chi connectivity index (χ2v) is 8.77. The van der Waals surface area contributed by atoms with Crippen molar-refractivity contribution in [2.45, 2.75) is 36.6 Å². The first-order valence-corrected chi connectivity index (χ1v) is 8.69. The maximum atomic E-state index is 12.7. The van der Waals surface area contributed by atoms with Gasteiger partial charge in [-0.3, -0.25) is 4.79 Å². The van der Waals surface area contributed by atoms with Crippen LogP contribution in [0.5, 0.6) is 0 Å². The summed E-state index contributed by atoms with van der Waals surface area (Å²) in [6.45, 7) is 2.69. The average molecular weight is 356 g/mol. The number of aliphatic hydroxyl groups is 1. The number of hydrogen-bond acceptors (Lipinski definition) is 7. The number of carbonyl (C=O) groups is 2. The van der Waals surface area contributed by atoms with Gasteiger partial charge in [0.15, 0.2) is 21.3 Å². The zero-order valence-corrected chi connectivity index (χ0v) is 13.8. The van der Waals surface area contributed by atoms with Crippen LogP contribution in [0.2, 0.25) is 0 Å². The number of amides is 1. The fourth-order valence-electron chi connectivity index (χ4n) is 3.09. The first kappa shape index (κ1) is 16.6. The Kier molecular flexibility index (Phi) is 3.53. The van der Waals surface area contributed by atoms with E-state index < -0.39 is 37.9 Å². The maximum absolute atomic E-state index is 12.7. The highest BCUT2D eigenvalue weighted by molar-refractivity contribution is 7.94. The second-order valence-electron chi connectivity index (χ2n) is 6.18. The van der Waals surface area contributed by atoms with Gasteiger partial charge in [-0.15, -0.1) is 5.10 Å². The van der Waals surface area contributed by atoms with Gasteiger partial charge in [0, 0.05) is 0 Å². The molecule has 130 valence electrons. The summed E-state index contributed by atoms with van der Waals surface area (Å²) in [6, 6.07) is -1.43. The molecule has 2 N–H and O–H groups in total. The Morgan fingerprint density at radius 2 is 2.12 bits per heavy atom. The molecule has 2 saturated heterocycles. The molecule has 0 aromatic carbocycles. The SMILES string of the molecule is CC1(C)[C@H](C(=O)O)N2C(=O)/C(=C\c3cn(CCO)nn3)[C@H]2S1(=O)=O. The highest BCUT2D eigenvalue weighted by Gasteiger charge is 2.70. The molecule has 0 bridgehead atoms. The van der Waals surface area contributed by atoms with Crippen LogP contribution in [-0.2, 0) is 26.0 Å².